The van der Waals surface area contributed by atoms with Crippen LogP contribution < -0.4 is 9.47 Å². The van der Waals surface area contributed by atoms with Crippen LogP contribution in [-0.4, -0.2) is 74.8 Å². The van der Waals surface area contributed by atoms with E-state index in [1.807, 2.05) is 97.1 Å². The van der Waals surface area contributed by atoms with Crippen LogP contribution in [0.2, 0.25) is 0 Å². The molecule has 388 valence electrons. The minimum atomic E-state index is -1.50. The molecule has 74 heavy (non-hydrogen) atoms. The number of aromatic hydroxyl groups is 1. The van der Waals surface area contributed by atoms with E-state index in [4.69, 9.17) is 23.7 Å². The van der Waals surface area contributed by atoms with Gasteiger partial charge in [0.2, 0.25) is 6.29 Å². The largest absolute Gasteiger partial charge is 0.508 e. The van der Waals surface area contributed by atoms with E-state index in [2.05, 4.69) is 25.7 Å². The number of carbonyl (C=O) groups is 2. The topological polar surface area (TPSA) is 181 Å². The molecule has 1 aliphatic rings. The molecule has 0 aromatic heterocycles. The van der Waals surface area contributed by atoms with E-state index in [1.54, 1.807) is 18.2 Å². The number of hydrogen-bond donors (Lipinski definition) is 5. The first-order chi connectivity index (χ1) is 36.1. The first-order valence-electron chi connectivity index (χ1n) is 25.8. The molecule has 1 aliphatic heterocycles. The van der Waals surface area contributed by atoms with Gasteiger partial charge in [-0.15, -0.1) is 0 Å². The Hall–Kier alpha value is -6.98. The van der Waals surface area contributed by atoms with Crippen LogP contribution in [0.4, 0.5) is 0 Å². The zero-order valence-electron chi connectivity index (χ0n) is 42.2. The Labute approximate surface area is 434 Å². The smallest absolute Gasteiger partial charge is 0.335 e. The summed E-state index contributed by atoms with van der Waals surface area (Å²) < 4.78 is 33.6. The number of aromatic carboxylic acids is 1. The number of ether oxygens (including phenoxy) is 5. The highest BCUT2D eigenvalue weighted by Gasteiger charge is 2.51. The van der Waals surface area contributed by atoms with Gasteiger partial charge in [0.1, 0.15) is 54.2 Å². The predicted molar refractivity (Wildman–Crippen MR) is 283 cm³/mol. The third kappa shape index (κ3) is 14.8. The quantitative estimate of drug-likeness (QED) is 0.0244. The summed E-state index contributed by atoms with van der Waals surface area (Å²) in [7, 11) is 0. The lowest BCUT2D eigenvalue weighted by Crippen LogP contribution is -2.43. The Morgan fingerprint density at radius 1 is 0.676 bits per heavy atom. The van der Waals surface area contributed by atoms with Crippen LogP contribution in [0.15, 0.2) is 140 Å². The van der Waals surface area contributed by atoms with Crippen molar-refractivity contribution in [3.8, 4) is 40.2 Å². The second-order valence-electron chi connectivity index (χ2n) is 18.7. The number of aliphatic carboxylic acids is 1. The van der Waals surface area contributed by atoms with Gasteiger partial charge in [-0.1, -0.05) is 173 Å². The highest BCUT2D eigenvalue weighted by atomic mass is 16.7. The third-order valence-electron chi connectivity index (χ3n) is 13.1. The van der Waals surface area contributed by atoms with Crippen LogP contribution >= 0.6 is 0 Å². The molecule has 0 amide bonds. The van der Waals surface area contributed by atoms with Crippen molar-refractivity contribution in [2.75, 3.05) is 6.61 Å². The van der Waals surface area contributed by atoms with Gasteiger partial charge in [-0.2, -0.15) is 0 Å². The zero-order valence-corrected chi connectivity index (χ0v) is 42.2. The molecule has 12 heteroatoms. The van der Waals surface area contributed by atoms with Crippen LogP contribution in [-0.2, 0) is 45.2 Å². The fourth-order valence-electron chi connectivity index (χ4n) is 9.22. The maximum absolute atomic E-state index is 13.8. The zero-order chi connectivity index (χ0) is 52.2. The molecule has 0 spiro atoms. The van der Waals surface area contributed by atoms with Crippen molar-refractivity contribution in [1.29, 1.82) is 0 Å². The average molecular weight is 1010 g/mol. The van der Waals surface area contributed by atoms with Crippen LogP contribution in [0.3, 0.4) is 0 Å². The predicted octanol–water partition coefficient (Wildman–Crippen LogP) is 11.6. The number of aryl methyl sites for hydroxylation is 1. The number of unbranched alkanes of at least 4 members (excludes halogenated alkanes) is 7. The Morgan fingerprint density at radius 3 is 1.86 bits per heavy atom. The Bertz CT molecular complexity index is 2770. The lowest BCUT2D eigenvalue weighted by Gasteiger charge is -2.27. The van der Waals surface area contributed by atoms with E-state index >= 15 is 0 Å². The molecule has 12 nitrogen and oxygen atoms in total. The number of rotatable bonds is 27. The molecular formula is C62H68O12. The number of carboxylic acid groups (broad SMARTS) is 2. The molecule has 0 saturated carbocycles. The number of phenols is 1. The second kappa shape index (κ2) is 27.9. The second-order valence-corrected chi connectivity index (χ2v) is 18.7. The maximum atomic E-state index is 13.8. The van der Waals surface area contributed by atoms with Crippen molar-refractivity contribution in [1.82, 2.24) is 0 Å². The molecule has 6 atom stereocenters. The SMILES string of the molecule is CCCCCC#Cc1cc(OCc2ccccc2)cc(OC2O[C@@H]([C@H](O)CO)[C@H](OCc3ccccc3)[C@H]2OCc2ccccc2)c1-c1cc(CCCCCCC)cc(O)c1C(C(=O)O)c1ccc(C(=O)O)cc1. The fourth-order valence-corrected chi connectivity index (χ4v) is 9.22. The van der Waals surface area contributed by atoms with Crippen molar-refractivity contribution in [3.63, 3.8) is 0 Å². The lowest BCUT2D eigenvalue weighted by atomic mass is 9.82. The van der Waals surface area contributed by atoms with Gasteiger partial charge >= 0.3 is 11.9 Å². The van der Waals surface area contributed by atoms with Crippen molar-refractivity contribution < 1.29 is 58.8 Å². The number of benzene rings is 6. The summed E-state index contributed by atoms with van der Waals surface area (Å²) in [5, 5.41) is 55.2. The van der Waals surface area contributed by atoms with Gasteiger partial charge in [-0.25, -0.2) is 4.79 Å². The molecular weight excluding hydrogens is 937 g/mol. The third-order valence-corrected chi connectivity index (χ3v) is 13.1. The lowest BCUT2D eigenvalue weighted by molar-refractivity contribution is -0.147. The first-order valence-corrected chi connectivity index (χ1v) is 25.8. The minimum Gasteiger partial charge on any atom is -0.508 e. The number of aliphatic hydroxyl groups excluding tert-OH is 2. The summed E-state index contributed by atoms with van der Waals surface area (Å²) in [6.45, 7) is 4.01. The minimum absolute atomic E-state index is 0.0283. The van der Waals surface area contributed by atoms with Crippen molar-refractivity contribution in [3.05, 3.63) is 184 Å². The summed E-state index contributed by atoms with van der Waals surface area (Å²) in [5.74, 6) is 3.03. The molecule has 6 aromatic carbocycles. The average Bonchev–Trinajstić information content (AvgIpc) is 3.76. The molecule has 1 heterocycles. The van der Waals surface area contributed by atoms with Gasteiger partial charge in [0.25, 0.3) is 0 Å². The van der Waals surface area contributed by atoms with Gasteiger partial charge in [-0.3, -0.25) is 4.79 Å². The van der Waals surface area contributed by atoms with Crippen molar-refractivity contribution in [2.24, 2.45) is 0 Å². The van der Waals surface area contributed by atoms with Gasteiger partial charge in [0.15, 0.2) is 0 Å². The van der Waals surface area contributed by atoms with E-state index in [1.165, 1.54) is 24.3 Å². The molecule has 0 aliphatic carbocycles. The van der Waals surface area contributed by atoms with Crippen LogP contribution in [0.25, 0.3) is 11.1 Å². The van der Waals surface area contributed by atoms with Crippen molar-refractivity contribution >= 4 is 11.9 Å². The summed E-state index contributed by atoms with van der Waals surface area (Å²) in [4.78, 5) is 25.7. The maximum Gasteiger partial charge on any atom is 0.335 e. The number of hydrogen-bond acceptors (Lipinski definition) is 10. The summed E-state index contributed by atoms with van der Waals surface area (Å²) >= 11 is 0. The number of carboxylic acids is 2. The first kappa shape index (κ1) is 54.8. The molecule has 2 unspecified atom stereocenters. The fraction of sp³-hybridized carbons (Fsp3) is 0.355. The van der Waals surface area contributed by atoms with E-state index in [0.717, 1.165) is 73.6 Å². The van der Waals surface area contributed by atoms with E-state index < -0.39 is 55.2 Å². The van der Waals surface area contributed by atoms with Crippen molar-refractivity contribution in [2.45, 2.75) is 135 Å². The summed E-state index contributed by atoms with van der Waals surface area (Å²) in [6, 6.07) is 41.2. The normalized spacial score (nSPS) is 17.0. The molecule has 5 N–H and O–H groups in total. The van der Waals surface area contributed by atoms with E-state index in [0.29, 0.717) is 35.3 Å². The molecule has 0 radical (unpaired) electrons. The van der Waals surface area contributed by atoms with Gasteiger partial charge in [0, 0.05) is 29.2 Å². The Balaban J connectivity index is 1.46. The molecule has 6 aromatic rings. The van der Waals surface area contributed by atoms with E-state index in [9.17, 15) is 35.1 Å². The Morgan fingerprint density at radius 2 is 1.27 bits per heavy atom. The van der Waals surface area contributed by atoms with Crippen LogP contribution in [0.5, 0.6) is 17.2 Å². The summed E-state index contributed by atoms with van der Waals surface area (Å²) in [6.07, 6.45) is 3.00. The molecule has 1 saturated heterocycles. The van der Waals surface area contributed by atoms with Gasteiger partial charge < -0.3 is 49.2 Å². The molecule has 7 rings (SSSR count). The van der Waals surface area contributed by atoms with Gasteiger partial charge in [0.05, 0.1) is 25.4 Å². The highest BCUT2D eigenvalue weighted by molar-refractivity contribution is 5.91. The summed E-state index contributed by atoms with van der Waals surface area (Å²) in [5.41, 5.74) is 4.66. The Kier molecular flexibility index (Phi) is 20.7. The van der Waals surface area contributed by atoms with E-state index in [-0.39, 0.29) is 48.0 Å². The number of aliphatic hydroxyl groups is 2. The van der Waals surface area contributed by atoms with Crippen LogP contribution in [0.1, 0.15) is 127 Å². The molecule has 0 bridgehead atoms. The molecule has 1 fully saturated rings. The number of phenolic OH excluding ortho intramolecular Hbond substituents is 1. The van der Waals surface area contributed by atoms with Crippen LogP contribution in [0, 0.1) is 11.8 Å². The van der Waals surface area contributed by atoms with Gasteiger partial charge in [-0.05, 0) is 76.9 Å². The monoisotopic (exact) mass is 1000 g/mol. The standard InChI is InChI=1S/C62H68O12/c1-3-5-7-9-14-28-45-34-50(56(51(64)35-45)55(61(68)69)46-30-32-47(33-31-46)60(66)67)54-48(29-21-10-8-6-4-2)36-49(70-39-42-22-15-11-16-23-42)37-53(54)73-62-59(72-41-44-26-19-13-20-27-44)58(57(74-62)52(65)38-63)71-40-43-24-17-12-18-25-43/h11-13,15-20,22-27,30-37,52,55,57-59,62-65H,3-10,14,28,38-41H2,1-2H3,(H,66,67)(H,68,69)/t52-,55?,57+,58+,59-,62?/m1/s1. The highest BCUT2D eigenvalue weighted by Crippen LogP contribution is 2.47.